The highest BCUT2D eigenvalue weighted by Gasteiger charge is 2.31. The number of rotatable bonds is 21. The summed E-state index contributed by atoms with van der Waals surface area (Å²) in [5.41, 5.74) is 0. The molecule has 1 heterocycles. The van der Waals surface area contributed by atoms with Crippen LogP contribution in [-0.2, 0) is 13.6 Å². The Bertz CT molecular complexity index is 584. The molecule has 0 amide bonds. The van der Waals surface area contributed by atoms with Crippen LogP contribution in [-0.4, -0.2) is 13.2 Å². The summed E-state index contributed by atoms with van der Waals surface area (Å²) >= 11 is 8.54. The fraction of sp³-hybridized carbons (Fsp3) is 0.833. The van der Waals surface area contributed by atoms with Gasteiger partial charge in [-0.3, -0.25) is 4.57 Å². The van der Waals surface area contributed by atoms with Crippen molar-refractivity contribution in [2.24, 2.45) is 0 Å². The third kappa shape index (κ3) is 14.0. The molecule has 1 aromatic heterocycles. The molecule has 31 heavy (non-hydrogen) atoms. The van der Waals surface area contributed by atoms with Crippen LogP contribution in [0.25, 0.3) is 0 Å². The van der Waals surface area contributed by atoms with Crippen molar-refractivity contribution in [2.75, 3.05) is 13.2 Å². The van der Waals surface area contributed by atoms with Crippen LogP contribution in [0.5, 0.6) is 0 Å². The van der Waals surface area contributed by atoms with E-state index >= 15 is 0 Å². The molecule has 7 heteroatoms. The first kappa shape index (κ1) is 29.8. The summed E-state index contributed by atoms with van der Waals surface area (Å²) in [6.45, 7) is 5.47. The second kappa shape index (κ2) is 19.2. The molecule has 0 unspecified atom stereocenters. The largest absolute Gasteiger partial charge is 0.363 e. The minimum absolute atomic E-state index is 0.490. The molecule has 3 nitrogen and oxygen atoms in total. The Hall–Kier alpha value is 0.810. The molecule has 1 aromatic rings. The maximum atomic E-state index is 13.6. The van der Waals surface area contributed by atoms with Crippen LogP contribution in [0, 0.1) is 0 Å². The molecular formula is C24H43Br2O3PS. The van der Waals surface area contributed by atoms with Gasteiger partial charge in [-0.1, -0.05) is 104 Å². The van der Waals surface area contributed by atoms with E-state index in [9.17, 15) is 4.57 Å². The summed E-state index contributed by atoms with van der Waals surface area (Å²) in [6, 6.07) is 1.87. The van der Waals surface area contributed by atoms with E-state index in [0.29, 0.717) is 18.5 Å². The van der Waals surface area contributed by atoms with Crippen LogP contribution in [0.2, 0.25) is 0 Å². The smallest absolute Gasteiger partial charge is 0.305 e. The molecule has 0 bridgehead atoms. The van der Waals surface area contributed by atoms with Crippen LogP contribution in [0.4, 0.5) is 0 Å². The molecule has 0 saturated heterocycles. The maximum Gasteiger partial charge on any atom is 0.363 e. The van der Waals surface area contributed by atoms with E-state index in [1.165, 1.54) is 88.4 Å². The van der Waals surface area contributed by atoms with E-state index in [0.717, 1.165) is 33.3 Å². The van der Waals surface area contributed by atoms with Crippen molar-refractivity contribution < 1.29 is 13.6 Å². The van der Waals surface area contributed by atoms with E-state index < -0.39 is 7.60 Å². The molecule has 182 valence electrons. The third-order valence-electron chi connectivity index (χ3n) is 5.45. The maximum absolute atomic E-state index is 13.6. The molecule has 0 aromatic carbocycles. The second-order valence-electron chi connectivity index (χ2n) is 8.32. The second-order valence-corrected chi connectivity index (χ2v) is 14.1. The van der Waals surface area contributed by atoms with E-state index in [4.69, 9.17) is 9.05 Å². The van der Waals surface area contributed by atoms with Crippen molar-refractivity contribution in [1.29, 1.82) is 0 Å². The van der Waals surface area contributed by atoms with E-state index in [1.54, 1.807) is 0 Å². The van der Waals surface area contributed by atoms with Crippen molar-refractivity contribution in [3.05, 3.63) is 13.6 Å². The Morgan fingerprint density at radius 3 is 1.45 bits per heavy atom. The molecule has 0 spiro atoms. The molecule has 0 N–H and O–H groups in total. The Morgan fingerprint density at radius 1 is 0.710 bits per heavy atom. The van der Waals surface area contributed by atoms with E-state index in [1.807, 2.05) is 6.07 Å². The van der Waals surface area contributed by atoms with Gasteiger partial charge < -0.3 is 9.05 Å². The monoisotopic (exact) mass is 600 g/mol. The minimum atomic E-state index is -3.30. The van der Waals surface area contributed by atoms with Crippen molar-refractivity contribution in [3.63, 3.8) is 0 Å². The van der Waals surface area contributed by atoms with Gasteiger partial charge in [0.1, 0.15) is 0 Å². The SMILES string of the molecule is CCCCCCCCCCOP(=O)(OCCCCCCCCCC)c1cc(Br)sc1Br. The number of thiophene rings is 1. The van der Waals surface area contributed by atoms with Gasteiger partial charge in [0.25, 0.3) is 0 Å². The summed E-state index contributed by atoms with van der Waals surface area (Å²) in [4.78, 5) is 0. The molecule has 0 radical (unpaired) electrons. The molecule has 1 rings (SSSR count). The first-order valence-electron chi connectivity index (χ1n) is 12.4. The van der Waals surface area contributed by atoms with Crippen molar-refractivity contribution in [1.82, 2.24) is 0 Å². The van der Waals surface area contributed by atoms with Crippen molar-refractivity contribution >= 4 is 56.1 Å². The standard InChI is InChI=1S/C24H43Br2O3PS/c1-3-5-7-9-11-13-15-17-19-28-30(27,22-21-23(25)31-24(22)26)29-20-18-16-14-12-10-8-6-4-2/h21H,3-20H2,1-2H3. The normalized spacial score (nSPS) is 12.0. The zero-order valence-electron chi connectivity index (χ0n) is 19.6. The molecule has 0 atom stereocenters. The van der Waals surface area contributed by atoms with Gasteiger partial charge in [0, 0.05) is 0 Å². The van der Waals surface area contributed by atoms with Gasteiger partial charge in [-0.2, -0.15) is 0 Å². The highest BCUT2D eigenvalue weighted by Crippen LogP contribution is 2.51. The summed E-state index contributed by atoms with van der Waals surface area (Å²) in [5.74, 6) is 0. The van der Waals surface area contributed by atoms with Crippen molar-refractivity contribution in [3.8, 4) is 0 Å². The summed E-state index contributed by atoms with van der Waals surface area (Å²) < 4.78 is 27.2. The average Bonchev–Trinajstić information content (AvgIpc) is 3.10. The Kier molecular flexibility index (Phi) is 18.4. The van der Waals surface area contributed by atoms with Crippen LogP contribution in [0.15, 0.2) is 13.6 Å². The molecular weight excluding hydrogens is 559 g/mol. The van der Waals surface area contributed by atoms with Gasteiger partial charge in [0.15, 0.2) is 0 Å². The lowest BCUT2D eigenvalue weighted by molar-refractivity contribution is 0.206. The quantitative estimate of drug-likeness (QED) is 0.104. The Morgan fingerprint density at radius 2 is 1.10 bits per heavy atom. The molecule has 0 aliphatic rings. The zero-order valence-corrected chi connectivity index (χ0v) is 24.5. The van der Waals surface area contributed by atoms with E-state index in [-0.39, 0.29) is 0 Å². The fourth-order valence-corrected chi connectivity index (χ4v) is 9.03. The minimum Gasteiger partial charge on any atom is -0.305 e. The molecule has 0 saturated carbocycles. The zero-order chi connectivity index (χ0) is 22.8. The predicted molar refractivity (Wildman–Crippen MR) is 144 cm³/mol. The Balaban J connectivity index is 2.35. The third-order valence-corrected chi connectivity index (χ3v) is 10.2. The van der Waals surface area contributed by atoms with Gasteiger partial charge >= 0.3 is 7.60 Å². The average molecular weight is 602 g/mol. The lowest BCUT2D eigenvalue weighted by Gasteiger charge is -2.18. The fourth-order valence-electron chi connectivity index (χ4n) is 3.54. The lowest BCUT2D eigenvalue weighted by Crippen LogP contribution is -2.11. The van der Waals surface area contributed by atoms with Crippen LogP contribution in [0.1, 0.15) is 117 Å². The summed E-state index contributed by atoms with van der Waals surface area (Å²) in [6.07, 6.45) is 19.7. The number of hydrogen-bond acceptors (Lipinski definition) is 4. The van der Waals surface area contributed by atoms with Gasteiger partial charge in [0.2, 0.25) is 0 Å². The number of halogens is 2. The predicted octanol–water partition coefficient (Wildman–Crippen LogP) is 10.4. The van der Waals surface area contributed by atoms with E-state index in [2.05, 4.69) is 45.7 Å². The Labute approximate surface area is 212 Å². The van der Waals surface area contributed by atoms with Crippen LogP contribution in [0.3, 0.4) is 0 Å². The molecule has 0 fully saturated rings. The van der Waals surface area contributed by atoms with Gasteiger partial charge in [-0.15, -0.1) is 11.3 Å². The molecule has 0 aliphatic carbocycles. The summed E-state index contributed by atoms with van der Waals surface area (Å²) in [5, 5.41) is 0.656. The summed E-state index contributed by atoms with van der Waals surface area (Å²) in [7, 11) is -3.30. The van der Waals surface area contributed by atoms with Gasteiger partial charge in [-0.25, -0.2) is 0 Å². The van der Waals surface area contributed by atoms with Gasteiger partial charge in [-0.05, 0) is 50.8 Å². The highest BCUT2D eigenvalue weighted by atomic mass is 79.9. The molecule has 0 aliphatic heterocycles. The number of hydrogen-bond donors (Lipinski definition) is 0. The topological polar surface area (TPSA) is 35.5 Å². The van der Waals surface area contributed by atoms with Crippen LogP contribution >= 0.6 is 50.8 Å². The van der Waals surface area contributed by atoms with Gasteiger partial charge in [0.05, 0.1) is 26.1 Å². The van der Waals surface area contributed by atoms with Crippen LogP contribution < -0.4 is 5.30 Å². The van der Waals surface area contributed by atoms with Crippen molar-refractivity contribution in [2.45, 2.75) is 117 Å². The number of unbranched alkanes of at least 4 members (excludes halogenated alkanes) is 14. The first-order valence-corrected chi connectivity index (χ1v) is 16.3. The lowest BCUT2D eigenvalue weighted by atomic mass is 10.1. The first-order chi connectivity index (χ1) is 15.0. The highest BCUT2D eigenvalue weighted by molar-refractivity contribution is 9.12.